The van der Waals surface area contributed by atoms with Gasteiger partial charge < -0.3 is 14.8 Å². The number of nitrogens with one attached hydrogen (secondary N) is 1. The van der Waals surface area contributed by atoms with Gasteiger partial charge in [0.25, 0.3) is 0 Å². The Balaban J connectivity index is 1.96. The van der Waals surface area contributed by atoms with Crippen LogP contribution in [-0.2, 0) is 14.6 Å². The molecule has 0 saturated carbocycles. The van der Waals surface area contributed by atoms with Crippen LogP contribution in [0.25, 0.3) is 16.9 Å². The fraction of sp³-hybridized carbons (Fsp3) is 0.208. The van der Waals surface area contributed by atoms with Crippen molar-refractivity contribution in [3.8, 4) is 11.4 Å². The van der Waals surface area contributed by atoms with Gasteiger partial charge in [0.1, 0.15) is 5.75 Å². The molecule has 0 fully saturated rings. The second-order valence-corrected chi connectivity index (χ2v) is 11.3. The third-order valence-corrected chi connectivity index (χ3v) is 8.72. The minimum Gasteiger partial charge on any atom is -0.496 e. The number of nitrogens with zero attached hydrogens (tertiary/aromatic N) is 2. The maximum absolute atomic E-state index is 13.8. The van der Waals surface area contributed by atoms with E-state index < -0.39 is 26.2 Å². The number of sulfone groups is 1. The van der Waals surface area contributed by atoms with Gasteiger partial charge in [0.2, 0.25) is 0 Å². The van der Waals surface area contributed by atoms with Crippen LogP contribution in [0.15, 0.2) is 58.2 Å². The van der Waals surface area contributed by atoms with Crippen LogP contribution in [0.1, 0.15) is 35.5 Å². The zero-order valence-corrected chi connectivity index (χ0v) is 20.9. The van der Waals surface area contributed by atoms with E-state index in [0.717, 1.165) is 4.57 Å². The van der Waals surface area contributed by atoms with Gasteiger partial charge in [-0.1, -0.05) is 29.8 Å². The number of imidazole rings is 1. The third-order valence-electron chi connectivity index (χ3n) is 5.96. The van der Waals surface area contributed by atoms with E-state index in [2.05, 4.69) is 9.97 Å². The molecule has 0 aliphatic carbocycles. The number of H-pyrrole nitrogens is 1. The van der Waals surface area contributed by atoms with Crippen molar-refractivity contribution in [3.63, 3.8) is 0 Å². The molecule has 0 amide bonds. The van der Waals surface area contributed by atoms with Gasteiger partial charge in [-0.15, -0.1) is 0 Å². The maximum Gasteiger partial charge on any atom is 0.354 e. The molecule has 4 aromatic rings. The molecular formula is C24H22ClN3O6S. The number of para-hydroxylation sites is 1. The second kappa shape index (κ2) is 8.54. The number of aryl methyl sites for hydroxylation is 1. The summed E-state index contributed by atoms with van der Waals surface area (Å²) in [5.74, 6) is -0.847. The Morgan fingerprint density at radius 1 is 1.17 bits per heavy atom. The van der Waals surface area contributed by atoms with Crippen molar-refractivity contribution < 1.29 is 23.1 Å². The number of hydrogen-bond donors (Lipinski definition) is 2. The average molecular weight is 516 g/mol. The fourth-order valence-electron chi connectivity index (χ4n) is 3.98. The number of aromatic carboxylic acids is 1. The summed E-state index contributed by atoms with van der Waals surface area (Å²) in [5, 5.41) is 9.49. The lowest BCUT2D eigenvalue weighted by molar-refractivity contribution is 0.0690. The lowest BCUT2D eigenvalue weighted by atomic mass is 10.0. The summed E-state index contributed by atoms with van der Waals surface area (Å²) in [5.41, 5.74) is 0.436. The normalized spacial score (nSPS) is 12.1. The molecule has 182 valence electrons. The first-order chi connectivity index (χ1) is 16.4. The van der Waals surface area contributed by atoms with Gasteiger partial charge in [-0.3, -0.25) is 0 Å². The minimum atomic E-state index is -4.03. The molecule has 0 bridgehead atoms. The summed E-state index contributed by atoms with van der Waals surface area (Å²) in [7, 11) is -2.57. The van der Waals surface area contributed by atoms with Crippen molar-refractivity contribution in [2.45, 2.75) is 30.4 Å². The van der Waals surface area contributed by atoms with Crippen LogP contribution < -0.4 is 10.4 Å². The zero-order valence-electron chi connectivity index (χ0n) is 19.3. The Labute approximate surface area is 205 Å². The molecule has 0 spiro atoms. The Bertz CT molecular complexity index is 1650. The number of carbonyl (C=O) groups is 1. The SMILES string of the molecule is COc1ccccc1C(C)(C)S(=O)(=O)c1ccc(Cl)c(-n2c(=O)[nH]c3c(C)cc(C(=O)O)nc32)c1. The van der Waals surface area contributed by atoms with Crippen LogP contribution in [0.3, 0.4) is 0 Å². The molecular weight excluding hydrogens is 494 g/mol. The summed E-state index contributed by atoms with van der Waals surface area (Å²) in [6, 6.07) is 12.2. The molecule has 0 aliphatic heterocycles. The first kappa shape index (κ1) is 24.5. The predicted molar refractivity (Wildman–Crippen MR) is 132 cm³/mol. The topological polar surface area (TPSA) is 131 Å². The van der Waals surface area contributed by atoms with Gasteiger partial charge in [0.15, 0.2) is 21.2 Å². The third kappa shape index (κ3) is 3.88. The summed E-state index contributed by atoms with van der Waals surface area (Å²) in [6.45, 7) is 4.77. The molecule has 11 heteroatoms. The number of fused-ring (bicyclic) bond motifs is 1. The Hall–Kier alpha value is -3.63. The van der Waals surface area contributed by atoms with E-state index >= 15 is 0 Å². The molecule has 9 nitrogen and oxygen atoms in total. The van der Waals surface area contributed by atoms with E-state index in [4.69, 9.17) is 16.3 Å². The van der Waals surface area contributed by atoms with Crippen molar-refractivity contribution in [1.29, 1.82) is 0 Å². The maximum atomic E-state index is 13.8. The van der Waals surface area contributed by atoms with Crippen LogP contribution in [-0.4, -0.2) is 41.1 Å². The molecule has 2 N–H and O–H groups in total. The molecule has 0 saturated heterocycles. The summed E-state index contributed by atoms with van der Waals surface area (Å²) < 4.78 is 32.7. The van der Waals surface area contributed by atoms with E-state index in [1.54, 1.807) is 45.0 Å². The number of carboxylic acid groups (broad SMARTS) is 1. The zero-order chi connectivity index (χ0) is 25.7. The van der Waals surface area contributed by atoms with Crippen molar-refractivity contribution in [3.05, 3.63) is 80.9 Å². The van der Waals surface area contributed by atoms with Crippen molar-refractivity contribution >= 4 is 38.6 Å². The van der Waals surface area contributed by atoms with Crippen molar-refractivity contribution in [2.24, 2.45) is 0 Å². The first-order valence-electron chi connectivity index (χ1n) is 10.4. The summed E-state index contributed by atoms with van der Waals surface area (Å²) in [6.07, 6.45) is 0. The average Bonchev–Trinajstić information content (AvgIpc) is 3.15. The van der Waals surface area contributed by atoms with E-state index in [9.17, 15) is 23.1 Å². The standard InChI is InChI=1S/C24H22ClN3O6S/c1-13-11-17(22(29)30)26-21-20(13)27-23(31)28(21)18-12-14(9-10-16(18)25)35(32,33)24(2,3)15-7-5-6-8-19(15)34-4/h5-12H,1-4H3,(H,27,31)(H,29,30). The summed E-state index contributed by atoms with van der Waals surface area (Å²) >= 11 is 6.40. The monoisotopic (exact) mass is 515 g/mol. The van der Waals surface area contributed by atoms with E-state index in [1.165, 1.54) is 31.4 Å². The minimum absolute atomic E-state index is 0.0211. The Morgan fingerprint density at radius 3 is 2.51 bits per heavy atom. The van der Waals surface area contributed by atoms with Gasteiger partial charge in [-0.2, -0.15) is 0 Å². The van der Waals surface area contributed by atoms with Gasteiger partial charge in [-0.05, 0) is 56.7 Å². The Kier molecular flexibility index (Phi) is 5.98. The fourth-order valence-corrected chi connectivity index (χ4v) is 5.74. The van der Waals surface area contributed by atoms with Crippen molar-refractivity contribution in [1.82, 2.24) is 14.5 Å². The predicted octanol–water partition coefficient (Wildman–Crippen LogP) is 4.09. The first-order valence-corrected chi connectivity index (χ1v) is 12.3. The molecule has 2 aromatic heterocycles. The molecule has 2 aromatic carbocycles. The van der Waals surface area contributed by atoms with Crippen molar-refractivity contribution in [2.75, 3.05) is 7.11 Å². The van der Waals surface area contributed by atoms with E-state index in [1.807, 2.05) is 0 Å². The lowest BCUT2D eigenvalue weighted by Crippen LogP contribution is -2.30. The number of aromatic nitrogens is 3. The van der Waals surface area contributed by atoms with E-state index in [0.29, 0.717) is 22.4 Å². The van der Waals surface area contributed by atoms with Gasteiger partial charge in [0, 0.05) is 5.56 Å². The van der Waals surface area contributed by atoms with Crippen LogP contribution in [0.4, 0.5) is 0 Å². The molecule has 0 radical (unpaired) electrons. The highest BCUT2D eigenvalue weighted by Crippen LogP contribution is 2.40. The quantitative estimate of drug-likeness (QED) is 0.395. The van der Waals surface area contributed by atoms with Crippen LogP contribution in [0.5, 0.6) is 5.75 Å². The number of rotatable bonds is 6. The van der Waals surface area contributed by atoms with Crippen LogP contribution in [0, 0.1) is 6.92 Å². The largest absolute Gasteiger partial charge is 0.496 e. The highest BCUT2D eigenvalue weighted by molar-refractivity contribution is 7.92. The lowest BCUT2D eigenvalue weighted by Gasteiger charge is -2.27. The van der Waals surface area contributed by atoms with Gasteiger partial charge >= 0.3 is 11.7 Å². The second-order valence-electron chi connectivity index (χ2n) is 8.42. The number of hydrogen-bond acceptors (Lipinski definition) is 6. The van der Waals surface area contributed by atoms with Gasteiger partial charge in [-0.25, -0.2) is 27.6 Å². The van der Waals surface area contributed by atoms with Gasteiger partial charge in [0.05, 0.1) is 33.0 Å². The summed E-state index contributed by atoms with van der Waals surface area (Å²) in [4.78, 5) is 31.1. The Morgan fingerprint density at radius 2 is 1.86 bits per heavy atom. The van der Waals surface area contributed by atoms with Crippen LogP contribution >= 0.6 is 11.6 Å². The number of aromatic amines is 1. The number of carboxylic acids is 1. The number of ether oxygens (including phenoxy) is 1. The number of methoxy groups -OCH3 is 1. The highest BCUT2D eigenvalue weighted by Gasteiger charge is 2.40. The number of halogens is 1. The molecule has 0 atom stereocenters. The molecule has 35 heavy (non-hydrogen) atoms. The number of benzene rings is 2. The smallest absolute Gasteiger partial charge is 0.354 e. The molecule has 2 heterocycles. The molecule has 0 aliphatic rings. The van der Waals surface area contributed by atoms with Crippen LogP contribution in [0.2, 0.25) is 5.02 Å². The molecule has 0 unspecified atom stereocenters. The van der Waals surface area contributed by atoms with E-state index in [-0.39, 0.29) is 26.9 Å². The molecule has 4 rings (SSSR count). The number of pyridine rings is 1. The highest BCUT2D eigenvalue weighted by atomic mass is 35.5.